The number of carbonyl (C=O) groups is 2. The van der Waals surface area contributed by atoms with Crippen molar-refractivity contribution >= 4 is 33.3 Å². The summed E-state index contributed by atoms with van der Waals surface area (Å²) in [6.45, 7) is 2.19. The molecule has 1 aliphatic heterocycles. The SMILES string of the molecule is CCOC(=O)C(=O)Nc1ccc(N2CCCS2(=O)=O)cc1. The molecule has 7 nitrogen and oxygen atoms in total. The number of hydrogen-bond donors (Lipinski definition) is 1. The van der Waals surface area contributed by atoms with E-state index in [0.717, 1.165) is 0 Å². The Balaban J connectivity index is 2.06. The summed E-state index contributed by atoms with van der Waals surface area (Å²) in [5.41, 5.74) is 0.940. The number of nitrogens with zero attached hydrogens (tertiary/aromatic N) is 1. The van der Waals surface area contributed by atoms with E-state index in [4.69, 9.17) is 0 Å². The van der Waals surface area contributed by atoms with Crippen molar-refractivity contribution in [3.63, 3.8) is 0 Å². The Bertz CT molecular complexity index is 639. The van der Waals surface area contributed by atoms with Crippen molar-refractivity contribution in [1.29, 1.82) is 0 Å². The van der Waals surface area contributed by atoms with Gasteiger partial charge in [-0.05, 0) is 37.6 Å². The number of amides is 1. The van der Waals surface area contributed by atoms with E-state index in [0.29, 0.717) is 24.3 Å². The lowest BCUT2D eigenvalue weighted by Crippen LogP contribution is -2.26. The number of anilines is 2. The van der Waals surface area contributed by atoms with Crippen LogP contribution in [0.1, 0.15) is 13.3 Å². The minimum Gasteiger partial charge on any atom is -0.459 e. The van der Waals surface area contributed by atoms with Crippen LogP contribution in [0.2, 0.25) is 0 Å². The first-order valence-corrected chi connectivity index (χ1v) is 8.13. The maximum absolute atomic E-state index is 11.8. The van der Waals surface area contributed by atoms with Gasteiger partial charge in [-0.15, -0.1) is 0 Å². The quantitative estimate of drug-likeness (QED) is 0.656. The van der Waals surface area contributed by atoms with E-state index in [-0.39, 0.29) is 12.4 Å². The molecule has 8 heteroatoms. The molecule has 114 valence electrons. The van der Waals surface area contributed by atoms with Crippen LogP contribution in [-0.2, 0) is 24.3 Å². The van der Waals surface area contributed by atoms with Gasteiger partial charge in [-0.25, -0.2) is 13.2 Å². The van der Waals surface area contributed by atoms with Gasteiger partial charge >= 0.3 is 11.9 Å². The molecular weight excluding hydrogens is 296 g/mol. The topological polar surface area (TPSA) is 92.8 Å². The largest absolute Gasteiger partial charge is 0.459 e. The number of benzene rings is 1. The second kappa shape index (κ2) is 6.13. The second-order valence-corrected chi connectivity index (χ2v) is 6.48. The molecule has 1 aliphatic rings. The highest BCUT2D eigenvalue weighted by Gasteiger charge is 2.28. The van der Waals surface area contributed by atoms with Crippen LogP contribution in [0.3, 0.4) is 0 Å². The van der Waals surface area contributed by atoms with Gasteiger partial charge in [0.25, 0.3) is 0 Å². The molecule has 0 atom stereocenters. The Hall–Kier alpha value is -2.09. The molecule has 21 heavy (non-hydrogen) atoms. The van der Waals surface area contributed by atoms with Crippen LogP contribution >= 0.6 is 0 Å². The number of sulfonamides is 1. The van der Waals surface area contributed by atoms with Crippen LogP contribution in [0.25, 0.3) is 0 Å². The van der Waals surface area contributed by atoms with Crippen LogP contribution in [-0.4, -0.2) is 39.2 Å². The maximum Gasteiger partial charge on any atom is 0.397 e. The summed E-state index contributed by atoms with van der Waals surface area (Å²) in [6.07, 6.45) is 0.601. The van der Waals surface area contributed by atoms with Crippen LogP contribution in [0.15, 0.2) is 24.3 Å². The third kappa shape index (κ3) is 3.52. The van der Waals surface area contributed by atoms with Gasteiger partial charge in [0.15, 0.2) is 0 Å². The molecule has 0 saturated carbocycles. The molecule has 1 heterocycles. The highest BCUT2D eigenvalue weighted by molar-refractivity contribution is 7.93. The first-order chi connectivity index (χ1) is 9.94. The predicted molar refractivity (Wildman–Crippen MR) is 77.5 cm³/mol. The van der Waals surface area contributed by atoms with Gasteiger partial charge in [0.05, 0.1) is 18.0 Å². The minimum atomic E-state index is -3.22. The fourth-order valence-corrected chi connectivity index (χ4v) is 3.58. The molecule has 1 fully saturated rings. The third-order valence-electron chi connectivity index (χ3n) is 2.97. The number of nitrogens with one attached hydrogen (secondary N) is 1. The van der Waals surface area contributed by atoms with Gasteiger partial charge in [-0.1, -0.05) is 0 Å². The fourth-order valence-electron chi connectivity index (χ4n) is 2.02. The van der Waals surface area contributed by atoms with Crippen LogP contribution in [0.5, 0.6) is 0 Å². The average molecular weight is 312 g/mol. The van der Waals surface area contributed by atoms with E-state index in [1.165, 1.54) is 4.31 Å². The number of esters is 1. The lowest BCUT2D eigenvalue weighted by Gasteiger charge is -2.17. The predicted octanol–water partition coefficient (Wildman–Crippen LogP) is 0.728. The van der Waals surface area contributed by atoms with E-state index in [9.17, 15) is 18.0 Å². The van der Waals surface area contributed by atoms with E-state index >= 15 is 0 Å². The zero-order chi connectivity index (χ0) is 15.5. The molecule has 0 aromatic heterocycles. The molecule has 0 bridgehead atoms. The summed E-state index contributed by atoms with van der Waals surface area (Å²) in [5.74, 6) is -1.67. The van der Waals surface area contributed by atoms with Crippen LogP contribution in [0.4, 0.5) is 11.4 Å². The summed E-state index contributed by atoms with van der Waals surface area (Å²) in [7, 11) is -3.22. The first kappa shape index (κ1) is 15.3. The normalized spacial score (nSPS) is 16.5. The average Bonchev–Trinajstić information content (AvgIpc) is 2.79. The Labute approximate surface area is 122 Å². The molecule has 0 radical (unpaired) electrons. The van der Waals surface area contributed by atoms with Crippen molar-refractivity contribution in [2.45, 2.75) is 13.3 Å². The molecule has 1 amide bonds. The molecule has 0 spiro atoms. The Morgan fingerprint density at radius 3 is 2.48 bits per heavy atom. The maximum atomic E-state index is 11.8. The standard InChI is InChI=1S/C13H16N2O5S/c1-2-20-13(17)12(16)14-10-4-6-11(7-5-10)15-8-3-9-21(15,18)19/h4-7H,2-3,8-9H2,1H3,(H,14,16). The Morgan fingerprint density at radius 2 is 1.95 bits per heavy atom. The number of hydrogen-bond acceptors (Lipinski definition) is 5. The van der Waals surface area contributed by atoms with Gasteiger partial charge < -0.3 is 10.1 Å². The van der Waals surface area contributed by atoms with E-state index < -0.39 is 21.9 Å². The van der Waals surface area contributed by atoms with Crippen molar-refractivity contribution < 1.29 is 22.7 Å². The first-order valence-electron chi connectivity index (χ1n) is 6.52. The van der Waals surface area contributed by atoms with Crippen molar-refractivity contribution in [2.75, 3.05) is 28.5 Å². The number of carbonyl (C=O) groups excluding carboxylic acids is 2. The lowest BCUT2D eigenvalue weighted by molar-refractivity contribution is -0.152. The molecule has 0 unspecified atom stereocenters. The lowest BCUT2D eigenvalue weighted by atomic mass is 10.2. The molecule has 2 rings (SSSR count). The third-order valence-corrected chi connectivity index (χ3v) is 4.84. The second-order valence-electron chi connectivity index (χ2n) is 4.46. The highest BCUT2D eigenvalue weighted by Crippen LogP contribution is 2.25. The van der Waals surface area contributed by atoms with Gasteiger partial charge in [0, 0.05) is 12.2 Å². The van der Waals surface area contributed by atoms with Gasteiger partial charge in [0.1, 0.15) is 0 Å². The number of ether oxygens (including phenoxy) is 1. The van der Waals surface area contributed by atoms with E-state index in [2.05, 4.69) is 10.1 Å². The molecule has 1 aromatic rings. The number of rotatable bonds is 3. The summed E-state index contributed by atoms with van der Waals surface area (Å²) in [4.78, 5) is 22.6. The van der Waals surface area contributed by atoms with Crippen LogP contribution < -0.4 is 9.62 Å². The van der Waals surface area contributed by atoms with Crippen molar-refractivity contribution in [3.05, 3.63) is 24.3 Å². The van der Waals surface area contributed by atoms with E-state index in [1.54, 1.807) is 31.2 Å². The van der Waals surface area contributed by atoms with Crippen molar-refractivity contribution in [1.82, 2.24) is 0 Å². The molecule has 1 saturated heterocycles. The summed E-state index contributed by atoms with van der Waals surface area (Å²) >= 11 is 0. The fraction of sp³-hybridized carbons (Fsp3) is 0.385. The summed E-state index contributed by atoms with van der Waals surface area (Å²) < 4.78 is 29.5. The van der Waals surface area contributed by atoms with Gasteiger partial charge in [-0.2, -0.15) is 0 Å². The molecular formula is C13H16N2O5S. The smallest absolute Gasteiger partial charge is 0.397 e. The van der Waals surface area contributed by atoms with Crippen LogP contribution in [0, 0.1) is 0 Å². The summed E-state index contributed by atoms with van der Waals surface area (Å²) in [5, 5.41) is 2.38. The highest BCUT2D eigenvalue weighted by atomic mass is 32.2. The Kier molecular flexibility index (Phi) is 4.46. The molecule has 1 aromatic carbocycles. The summed E-state index contributed by atoms with van der Waals surface area (Å²) in [6, 6.07) is 6.26. The van der Waals surface area contributed by atoms with Crippen molar-refractivity contribution in [2.24, 2.45) is 0 Å². The van der Waals surface area contributed by atoms with Crippen molar-refractivity contribution in [3.8, 4) is 0 Å². The zero-order valence-corrected chi connectivity index (χ0v) is 12.4. The molecule has 1 N–H and O–H groups in total. The molecule has 0 aliphatic carbocycles. The Morgan fingerprint density at radius 1 is 1.29 bits per heavy atom. The van der Waals surface area contributed by atoms with E-state index in [1.807, 2.05) is 0 Å². The van der Waals surface area contributed by atoms with Gasteiger partial charge in [-0.3, -0.25) is 9.10 Å². The monoisotopic (exact) mass is 312 g/mol. The van der Waals surface area contributed by atoms with Gasteiger partial charge in [0.2, 0.25) is 10.0 Å². The zero-order valence-electron chi connectivity index (χ0n) is 11.5. The minimum absolute atomic E-state index is 0.123.